The molecule has 2 aromatic carbocycles. The van der Waals surface area contributed by atoms with Crippen LogP contribution in [0.2, 0.25) is 10.6 Å². The largest absolute Gasteiger partial charge is 0.532 e. The lowest BCUT2D eigenvalue weighted by Crippen LogP contribution is -2.37. The maximum absolute atomic E-state index is 2.74. The molecule has 105 valence electrons. The second-order valence-corrected chi connectivity index (χ2v) is 9.02. The Hall–Kier alpha value is -1.07. The zero-order valence-electron chi connectivity index (χ0n) is 12.6. The molecule has 0 heterocycles. The van der Waals surface area contributed by atoms with E-state index in [1.807, 2.05) is 0 Å². The molecule has 0 N–H and O–H groups in total. The van der Waals surface area contributed by atoms with Crippen LogP contribution in [0.1, 0.15) is 25.0 Å². The Morgan fingerprint density at radius 3 is 1.45 bits per heavy atom. The maximum Gasteiger partial charge on any atom is 0.0607 e. The summed E-state index contributed by atoms with van der Waals surface area (Å²) in [4.78, 5) is 0. The molecule has 0 unspecified atom stereocenters. The van der Waals surface area contributed by atoms with Crippen molar-refractivity contribution in [3.63, 3.8) is 0 Å². The molecule has 0 saturated carbocycles. The van der Waals surface area contributed by atoms with Gasteiger partial charge in [-0.15, -0.1) is 13.8 Å². The number of hydrogen-bond donors (Lipinski definition) is 0. The molecule has 0 aliphatic carbocycles. The van der Waals surface area contributed by atoms with Gasteiger partial charge in [-0.1, -0.05) is 60.7 Å². The summed E-state index contributed by atoms with van der Waals surface area (Å²) < 4.78 is 2.74. The fourth-order valence-electron chi connectivity index (χ4n) is 2.76. The first-order chi connectivity index (χ1) is 9.83. The first kappa shape index (κ1) is 15.3. The molecule has 0 aliphatic heterocycles. The summed E-state index contributed by atoms with van der Waals surface area (Å²) in [6, 6.07) is 21.7. The van der Waals surface area contributed by atoms with E-state index in [0.717, 1.165) is 13.1 Å². The van der Waals surface area contributed by atoms with Gasteiger partial charge in [0, 0.05) is 0 Å². The van der Waals surface area contributed by atoms with Crippen molar-refractivity contribution in [3.8, 4) is 0 Å². The Morgan fingerprint density at radius 1 is 0.700 bits per heavy atom. The van der Waals surface area contributed by atoms with E-state index in [9.17, 15) is 0 Å². The summed E-state index contributed by atoms with van der Waals surface area (Å²) in [5.74, 6) is 0. The molecule has 2 aromatic rings. The van der Waals surface area contributed by atoms with E-state index in [0.29, 0.717) is 0 Å². The van der Waals surface area contributed by atoms with Crippen LogP contribution in [0.25, 0.3) is 0 Å². The molecule has 0 atom stereocenters. The van der Waals surface area contributed by atoms with Gasteiger partial charge in [-0.05, 0) is 24.2 Å². The number of hydrogen-bond acceptors (Lipinski definition) is 1. The van der Waals surface area contributed by atoms with E-state index in [4.69, 9.17) is 0 Å². The lowest BCUT2D eigenvalue weighted by molar-refractivity contribution is 0.417. The van der Waals surface area contributed by atoms with Gasteiger partial charge in [-0.25, -0.2) is 10.6 Å². The molecule has 0 amide bonds. The fourth-order valence-corrected chi connectivity index (χ4v) is 5.30. The quantitative estimate of drug-likeness (QED) is 0.664. The predicted octanol–water partition coefficient (Wildman–Crippen LogP) is 4.72. The summed E-state index contributed by atoms with van der Waals surface area (Å²) in [6.45, 7) is 6.88. The predicted molar refractivity (Wildman–Crippen MR) is 88.8 cm³/mol. The van der Waals surface area contributed by atoms with Crippen molar-refractivity contribution in [3.05, 3.63) is 71.8 Å². The molecule has 0 spiro atoms. The van der Waals surface area contributed by atoms with E-state index in [1.165, 1.54) is 21.7 Å². The lowest BCUT2D eigenvalue weighted by atomic mass is 10.2. The minimum atomic E-state index is -0.813. The Morgan fingerprint density at radius 2 is 1.10 bits per heavy atom. The van der Waals surface area contributed by atoms with Crippen LogP contribution in [0.3, 0.4) is 0 Å². The highest BCUT2D eigenvalue weighted by Crippen LogP contribution is 2.15. The number of benzene rings is 2. The minimum Gasteiger partial charge on any atom is -0.532 e. The molecule has 0 saturated heterocycles. The van der Waals surface area contributed by atoms with Gasteiger partial charge in [0.05, 0.1) is 14.4 Å². The van der Waals surface area contributed by atoms with E-state index < -0.39 is 14.4 Å². The van der Waals surface area contributed by atoms with E-state index >= 15 is 0 Å². The van der Waals surface area contributed by atoms with Crippen LogP contribution in [-0.2, 0) is 13.1 Å². The molecule has 1 nitrogen and oxygen atoms in total. The van der Waals surface area contributed by atoms with Crippen molar-refractivity contribution < 1.29 is 0 Å². The van der Waals surface area contributed by atoms with Gasteiger partial charge < -0.3 is 3.88 Å². The zero-order valence-corrected chi connectivity index (χ0v) is 13.8. The smallest absolute Gasteiger partial charge is 0.0607 e. The highest BCUT2D eigenvalue weighted by atomic mass is 27.2. The van der Waals surface area contributed by atoms with Crippen LogP contribution >= 0.6 is 0 Å². The molecular formula is C18H24AlN-. The third kappa shape index (κ3) is 4.49. The summed E-state index contributed by atoms with van der Waals surface area (Å²) in [6.07, 6.45) is 0. The molecule has 0 aliphatic rings. The third-order valence-corrected chi connectivity index (χ3v) is 7.20. The summed E-state index contributed by atoms with van der Waals surface area (Å²) in [5, 5.41) is 2.69. The second kappa shape index (κ2) is 8.27. The van der Waals surface area contributed by atoms with E-state index in [2.05, 4.69) is 78.4 Å². The molecule has 0 bridgehead atoms. The van der Waals surface area contributed by atoms with Crippen LogP contribution in [0.4, 0.5) is 0 Å². The van der Waals surface area contributed by atoms with Gasteiger partial charge >= 0.3 is 0 Å². The molecule has 0 aromatic heterocycles. The minimum absolute atomic E-state index is 0.813. The van der Waals surface area contributed by atoms with Crippen LogP contribution < -0.4 is 0 Å². The zero-order chi connectivity index (χ0) is 14.2. The van der Waals surface area contributed by atoms with Crippen molar-refractivity contribution in [1.82, 2.24) is 3.88 Å². The van der Waals surface area contributed by atoms with Crippen molar-refractivity contribution in [2.75, 3.05) is 0 Å². The standard InChI is InChI=1S/C14H14N.2C2H5.Al/c1-3-7-13(8-4-1)11-15-12-14-9-5-2-6-10-14;2*1-2;/h1-10H,11-12H2;2*1H2,2H3;/q-1;;;. The first-order valence-electron chi connectivity index (χ1n) is 7.65. The van der Waals surface area contributed by atoms with Crippen LogP contribution in [0.5, 0.6) is 0 Å². The maximum atomic E-state index is 2.74. The average molecular weight is 281 g/mol. The van der Waals surface area contributed by atoms with Crippen LogP contribution in [0.15, 0.2) is 60.7 Å². The highest BCUT2D eigenvalue weighted by Gasteiger charge is 2.08. The molecule has 2 heteroatoms. The Balaban J connectivity index is 2.12. The number of rotatable bonds is 7. The average Bonchev–Trinajstić information content (AvgIpc) is 2.50. The third-order valence-electron chi connectivity index (χ3n) is 3.92. The van der Waals surface area contributed by atoms with Crippen molar-refractivity contribution in [1.29, 1.82) is 0 Å². The van der Waals surface area contributed by atoms with Gasteiger partial charge in [-0.2, -0.15) is 0 Å². The Kier molecular flexibility index (Phi) is 6.34. The summed E-state index contributed by atoms with van der Waals surface area (Å²) in [7, 11) is 0. The monoisotopic (exact) mass is 281 g/mol. The van der Waals surface area contributed by atoms with Gasteiger partial charge in [0.2, 0.25) is 0 Å². The molecule has 1 radical (unpaired) electrons. The fraction of sp³-hybridized carbons (Fsp3) is 0.333. The SMILES string of the molecule is C[CH2][Al-]([CH2]C)[N](Cc1ccccc1)Cc1ccccc1. The van der Waals surface area contributed by atoms with Crippen molar-refractivity contribution in [2.24, 2.45) is 0 Å². The second-order valence-electron chi connectivity index (χ2n) is 5.35. The van der Waals surface area contributed by atoms with E-state index in [-0.39, 0.29) is 0 Å². The topological polar surface area (TPSA) is 3.24 Å². The normalized spacial score (nSPS) is 11.2. The van der Waals surface area contributed by atoms with Gasteiger partial charge in [0.1, 0.15) is 0 Å². The number of nitrogens with zero attached hydrogens (tertiary/aromatic N) is 1. The first-order valence-corrected chi connectivity index (χ1v) is 9.80. The van der Waals surface area contributed by atoms with Gasteiger partial charge in [-0.3, -0.25) is 0 Å². The highest BCUT2D eigenvalue weighted by molar-refractivity contribution is 6.55. The summed E-state index contributed by atoms with van der Waals surface area (Å²) in [5.41, 5.74) is 2.87. The van der Waals surface area contributed by atoms with Crippen molar-refractivity contribution in [2.45, 2.75) is 37.5 Å². The molecule has 2 rings (SSSR count). The van der Waals surface area contributed by atoms with Gasteiger partial charge in [0.15, 0.2) is 0 Å². The molecule has 0 fully saturated rings. The van der Waals surface area contributed by atoms with Crippen LogP contribution in [-0.4, -0.2) is 18.3 Å². The Bertz CT molecular complexity index is 438. The molecular weight excluding hydrogens is 257 g/mol. The molecule has 20 heavy (non-hydrogen) atoms. The lowest BCUT2D eigenvalue weighted by Gasteiger charge is -2.40. The van der Waals surface area contributed by atoms with Crippen LogP contribution in [0, 0.1) is 0 Å². The van der Waals surface area contributed by atoms with Gasteiger partial charge in [0.25, 0.3) is 0 Å². The summed E-state index contributed by atoms with van der Waals surface area (Å²) >= 11 is -0.813. The van der Waals surface area contributed by atoms with E-state index in [1.54, 1.807) is 0 Å². The Labute approximate surface area is 127 Å². The van der Waals surface area contributed by atoms with Crippen molar-refractivity contribution >= 4 is 14.4 Å².